The molecule has 0 N–H and O–H groups in total. The summed E-state index contributed by atoms with van der Waals surface area (Å²) in [7, 11) is 1.60. The maximum absolute atomic E-state index is 12.9. The molecular weight excluding hydrogens is 436 g/mol. The number of hydrogen-bond acceptors (Lipinski definition) is 6. The third kappa shape index (κ3) is 6.60. The fourth-order valence-electron chi connectivity index (χ4n) is 3.77. The third-order valence-electron chi connectivity index (χ3n) is 5.30. The molecule has 0 radical (unpaired) electrons. The summed E-state index contributed by atoms with van der Waals surface area (Å²) in [6.45, 7) is 9.32. The lowest BCUT2D eigenvalue weighted by Gasteiger charge is -2.31. The Balaban J connectivity index is 1.43. The number of rotatable bonds is 12. The molecule has 6 nitrogen and oxygen atoms in total. The molecule has 0 spiro atoms. The van der Waals surface area contributed by atoms with Crippen LogP contribution in [0.1, 0.15) is 57.3 Å². The molecule has 0 aliphatic rings. The van der Waals surface area contributed by atoms with Gasteiger partial charge in [-0.05, 0) is 77.3 Å². The van der Waals surface area contributed by atoms with Crippen LogP contribution in [0.3, 0.4) is 0 Å². The van der Waals surface area contributed by atoms with Gasteiger partial charge in [-0.15, -0.1) is 0 Å². The van der Waals surface area contributed by atoms with E-state index >= 15 is 0 Å². The van der Waals surface area contributed by atoms with Gasteiger partial charge in [0.25, 0.3) is 11.1 Å². The van der Waals surface area contributed by atoms with Gasteiger partial charge in [-0.2, -0.15) is 0 Å². The van der Waals surface area contributed by atoms with Crippen molar-refractivity contribution in [1.82, 2.24) is 9.88 Å². The van der Waals surface area contributed by atoms with Gasteiger partial charge in [0.15, 0.2) is 11.5 Å². The standard InChI is InChI=1S/C26H34N2O4S/c1-18(2)28(19(3)4)25(29)20-13-14-22(23(17-20)30-5)31-15-9-6-10-16-32-26-27-21-11-7-8-12-24(21)33-26/h7-8,11-14,17-19H,6,9-10,15-16H2,1-5H3. The lowest BCUT2D eigenvalue weighted by molar-refractivity contribution is 0.0643. The topological polar surface area (TPSA) is 60.9 Å². The Morgan fingerprint density at radius 3 is 2.30 bits per heavy atom. The minimum Gasteiger partial charge on any atom is -0.493 e. The van der Waals surface area contributed by atoms with Gasteiger partial charge in [0.05, 0.1) is 30.5 Å². The third-order valence-corrected chi connectivity index (χ3v) is 6.25. The molecule has 3 aromatic rings. The monoisotopic (exact) mass is 470 g/mol. The molecule has 0 unspecified atom stereocenters. The zero-order valence-electron chi connectivity index (χ0n) is 20.2. The number of ether oxygens (including phenoxy) is 3. The number of para-hydroxylation sites is 1. The summed E-state index contributed by atoms with van der Waals surface area (Å²) in [5, 5.41) is 0.723. The molecule has 33 heavy (non-hydrogen) atoms. The highest BCUT2D eigenvalue weighted by Crippen LogP contribution is 2.30. The van der Waals surface area contributed by atoms with Crippen molar-refractivity contribution in [2.45, 2.75) is 59.0 Å². The molecule has 0 bridgehead atoms. The number of carbonyl (C=O) groups is 1. The predicted octanol–water partition coefficient (Wildman–Crippen LogP) is 6.19. The maximum atomic E-state index is 12.9. The van der Waals surface area contributed by atoms with E-state index < -0.39 is 0 Å². The molecule has 0 aliphatic carbocycles. The van der Waals surface area contributed by atoms with Crippen LogP contribution in [0.25, 0.3) is 10.2 Å². The van der Waals surface area contributed by atoms with E-state index in [1.54, 1.807) is 24.5 Å². The number of hydrogen-bond donors (Lipinski definition) is 0. The predicted molar refractivity (Wildman–Crippen MR) is 134 cm³/mol. The van der Waals surface area contributed by atoms with E-state index in [-0.39, 0.29) is 18.0 Å². The van der Waals surface area contributed by atoms with Crippen LogP contribution in [0.4, 0.5) is 0 Å². The fourth-order valence-corrected chi connectivity index (χ4v) is 4.61. The normalized spacial score (nSPS) is 11.2. The molecule has 3 rings (SSSR count). The summed E-state index contributed by atoms with van der Waals surface area (Å²) < 4.78 is 18.3. The zero-order chi connectivity index (χ0) is 23.8. The maximum Gasteiger partial charge on any atom is 0.274 e. The molecule has 1 heterocycles. The van der Waals surface area contributed by atoms with Gasteiger partial charge < -0.3 is 19.1 Å². The van der Waals surface area contributed by atoms with Gasteiger partial charge in [-0.25, -0.2) is 4.98 Å². The molecule has 0 aliphatic heterocycles. The summed E-state index contributed by atoms with van der Waals surface area (Å²) in [4.78, 5) is 19.3. The molecule has 0 saturated heterocycles. The van der Waals surface area contributed by atoms with Gasteiger partial charge in [0.1, 0.15) is 0 Å². The number of fused-ring (bicyclic) bond motifs is 1. The summed E-state index contributed by atoms with van der Waals surface area (Å²) in [5.74, 6) is 1.23. The van der Waals surface area contributed by atoms with Gasteiger partial charge >= 0.3 is 0 Å². The van der Waals surface area contributed by atoms with Crippen molar-refractivity contribution in [2.24, 2.45) is 0 Å². The SMILES string of the molecule is COc1cc(C(=O)N(C(C)C)C(C)C)ccc1OCCCCCOc1nc2ccccc2s1. The van der Waals surface area contributed by atoms with Crippen molar-refractivity contribution in [3.8, 4) is 16.7 Å². The van der Waals surface area contributed by atoms with Crippen LogP contribution in [0.5, 0.6) is 16.7 Å². The van der Waals surface area contributed by atoms with E-state index in [1.807, 2.05) is 62.9 Å². The van der Waals surface area contributed by atoms with E-state index in [0.717, 1.165) is 34.7 Å². The van der Waals surface area contributed by atoms with E-state index in [2.05, 4.69) is 11.1 Å². The number of unbranched alkanes of at least 4 members (excludes halogenated alkanes) is 2. The Labute approximate surface area is 200 Å². The smallest absolute Gasteiger partial charge is 0.274 e. The Kier molecular flexibility index (Phi) is 8.95. The molecule has 0 saturated carbocycles. The second kappa shape index (κ2) is 11.9. The van der Waals surface area contributed by atoms with Gasteiger partial charge in [0, 0.05) is 17.6 Å². The van der Waals surface area contributed by atoms with Crippen LogP contribution in [-0.2, 0) is 0 Å². The Hall–Kier alpha value is -2.80. The lowest BCUT2D eigenvalue weighted by Crippen LogP contribution is -2.42. The average Bonchev–Trinajstić information content (AvgIpc) is 3.20. The highest BCUT2D eigenvalue weighted by Gasteiger charge is 2.22. The van der Waals surface area contributed by atoms with Crippen LogP contribution in [0.15, 0.2) is 42.5 Å². The first-order valence-corrected chi connectivity index (χ1v) is 12.3. The van der Waals surface area contributed by atoms with Crippen molar-refractivity contribution in [3.05, 3.63) is 48.0 Å². The van der Waals surface area contributed by atoms with Crippen LogP contribution in [0.2, 0.25) is 0 Å². The average molecular weight is 471 g/mol. The minimum absolute atomic E-state index is 0.00187. The molecule has 1 aromatic heterocycles. The number of amides is 1. The van der Waals surface area contributed by atoms with Crippen molar-refractivity contribution >= 4 is 27.5 Å². The summed E-state index contributed by atoms with van der Waals surface area (Å²) in [6.07, 6.45) is 2.83. The molecule has 7 heteroatoms. The lowest BCUT2D eigenvalue weighted by atomic mass is 10.1. The second-order valence-electron chi connectivity index (χ2n) is 8.47. The first-order chi connectivity index (χ1) is 15.9. The van der Waals surface area contributed by atoms with Gasteiger partial charge in [-0.1, -0.05) is 23.5 Å². The molecule has 0 fully saturated rings. The molecule has 178 valence electrons. The first-order valence-electron chi connectivity index (χ1n) is 11.5. The fraction of sp³-hybridized carbons (Fsp3) is 0.462. The minimum atomic E-state index is -0.00187. The highest BCUT2D eigenvalue weighted by atomic mass is 32.1. The van der Waals surface area contributed by atoms with Gasteiger partial charge in [-0.3, -0.25) is 4.79 Å². The van der Waals surface area contributed by atoms with E-state index in [9.17, 15) is 4.79 Å². The number of methoxy groups -OCH3 is 1. The highest BCUT2D eigenvalue weighted by molar-refractivity contribution is 7.20. The van der Waals surface area contributed by atoms with Crippen LogP contribution in [-0.4, -0.2) is 48.2 Å². The summed E-state index contributed by atoms with van der Waals surface area (Å²) in [6, 6.07) is 13.7. The van der Waals surface area contributed by atoms with Crippen LogP contribution < -0.4 is 14.2 Å². The Morgan fingerprint density at radius 1 is 0.939 bits per heavy atom. The number of carbonyl (C=O) groups excluding carboxylic acids is 1. The van der Waals surface area contributed by atoms with E-state index in [0.29, 0.717) is 30.3 Å². The largest absolute Gasteiger partial charge is 0.493 e. The molecule has 1 amide bonds. The first kappa shape index (κ1) is 24.8. The van der Waals surface area contributed by atoms with Gasteiger partial charge in [0.2, 0.25) is 0 Å². The van der Waals surface area contributed by atoms with E-state index in [1.165, 1.54) is 0 Å². The van der Waals surface area contributed by atoms with Crippen LogP contribution >= 0.6 is 11.3 Å². The van der Waals surface area contributed by atoms with E-state index in [4.69, 9.17) is 14.2 Å². The summed E-state index contributed by atoms with van der Waals surface area (Å²) >= 11 is 1.58. The Bertz CT molecular complexity index is 1010. The van der Waals surface area contributed by atoms with Crippen molar-refractivity contribution in [2.75, 3.05) is 20.3 Å². The van der Waals surface area contributed by atoms with Crippen molar-refractivity contribution < 1.29 is 19.0 Å². The number of thiazole rings is 1. The zero-order valence-corrected chi connectivity index (χ0v) is 21.0. The number of benzene rings is 2. The summed E-state index contributed by atoms with van der Waals surface area (Å²) in [5.41, 5.74) is 1.59. The molecule has 0 atom stereocenters. The van der Waals surface area contributed by atoms with Crippen molar-refractivity contribution in [1.29, 1.82) is 0 Å². The Morgan fingerprint density at radius 2 is 1.64 bits per heavy atom. The van der Waals surface area contributed by atoms with Crippen LogP contribution in [0, 0.1) is 0 Å². The number of aromatic nitrogens is 1. The molecular formula is C26H34N2O4S. The quantitative estimate of drug-likeness (QED) is 0.295. The molecule has 2 aromatic carbocycles. The second-order valence-corrected chi connectivity index (χ2v) is 9.46. The van der Waals surface area contributed by atoms with Crippen molar-refractivity contribution in [3.63, 3.8) is 0 Å². The number of nitrogens with zero attached hydrogens (tertiary/aromatic N) is 2.